The first-order valence-electron chi connectivity index (χ1n) is 13.4. The highest BCUT2D eigenvalue weighted by Crippen LogP contribution is 2.21. The first-order chi connectivity index (χ1) is 19.0. The Kier molecular flexibility index (Phi) is 8.29. The smallest absolute Gasteiger partial charge is 0.243 e. The van der Waals surface area contributed by atoms with Crippen LogP contribution in [0.25, 0.3) is 11.0 Å². The van der Waals surface area contributed by atoms with Crippen molar-refractivity contribution in [3.8, 4) is 0 Å². The largest absolute Gasteiger partial charge is 0.350 e. The summed E-state index contributed by atoms with van der Waals surface area (Å²) in [6, 6.07) is 24.6. The van der Waals surface area contributed by atoms with Gasteiger partial charge in [-0.3, -0.25) is 9.59 Å². The second-order valence-corrected chi connectivity index (χ2v) is 10.2. The second kappa shape index (κ2) is 12.2. The SMILES string of the molecule is Cn1nnc2cc(CNC(=O)C3CC(NCc4ccccc4)CN3C(=O)C(N)CCc3ccccc3)ccc21. The molecule has 1 saturated heterocycles. The number of nitrogens with one attached hydrogen (secondary N) is 2. The van der Waals surface area contributed by atoms with Crippen LogP contribution in [0.5, 0.6) is 0 Å². The third-order valence-corrected chi connectivity index (χ3v) is 7.37. The fourth-order valence-electron chi connectivity index (χ4n) is 5.14. The highest BCUT2D eigenvalue weighted by molar-refractivity contribution is 5.90. The first kappa shape index (κ1) is 26.5. The minimum atomic E-state index is -0.674. The molecule has 202 valence electrons. The molecule has 4 aromatic rings. The number of carbonyl (C=O) groups excluding carboxylic acids is 2. The zero-order valence-corrected chi connectivity index (χ0v) is 22.2. The van der Waals surface area contributed by atoms with Crippen LogP contribution in [0.15, 0.2) is 78.9 Å². The number of rotatable bonds is 10. The van der Waals surface area contributed by atoms with Gasteiger partial charge in [0.1, 0.15) is 11.6 Å². The molecule has 1 aliphatic heterocycles. The lowest BCUT2D eigenvalue weighted by molar-refractivity contribution is -0.139. The second-order valence-electron chi connectivity index (χ2n) is 10.2. The zero-order valence-electron chi connectivity index (χ0n) is 22.2. The Morgan fingerprint density at radius 1 is 0.974 bits per heavy atom. The van der Waals surface area contributed by atoms with Gasteiger partial charge in [0.25, 0.3) is 0 Å². The summed E-state index contributed by atoms with van der Waals surface area (Å²) >= 11 is 0. The lowest BCUT2D eigenvalue weighted by atomic mass is 10.0. The molecule has 9 nitrogen and oxygen atoms in total. The van der Waals surface area contributed by atoms with E-state index in [1.54, 1.807) is 9.58 Å². The molecule has 0 saturated carbocycles. The summed E-state index contributed by atoms with van der Waals surface area (Å²) in [7, 11) is 1.84. The number of likely N-dealkylation sites (tertiary alicyclic amines) is 1. The van der Waals surface area contributed by atoms with Crippen LogP contribution < -0.4 is 16.4 Å². The number of nitrogens with zero attached hydrogens (tertiary/aromatic N) is 4. The molecule has 2 amide bonds. The number of hydrogen-bond acceptors (Lipinski definition) is 6. The van der Waals surface area contributed by atoms with E-state index in [2.05, 4.69) is 33.1 Å². The topological polar surface area (TPSA) is 118 Å². The summed E-state index contributed by atoms with van der Waals surface area (Å²) in [4.78, 5) is 28.6. The highest BCUT2D eigenvalue weighted by atomic mass is 16.2. The molecule has 3 unspecified atom stereocenters. The first-order valence-corrected chi connectivity index (χ1v) is 13.4. The maximum atomic E-state index is 13.5. The van der Waals surface area contributed by atoms with Crippen molar-refractivity contribution in [1.29, 1.82) is 0 Å². The Morgan fingerprint density at radius 2 is 1.69 bits per heavy atom. The number of amides is 2. The quantitative estimate of drug-likeness (QED) is 0.292. The number of carbonyl (C=O) groups is 2. The van der Waals surface area contributed by atoms with Crippen molar-refractivity contribution in [3.63, 3.8) is 0 Å². The lowest BCUT2D eigenvalue weighted by Gasteiger charge is -2.26. The maximum Gasteiger partial charge on any atom is 0.243 e. The summed E-state index contributed by atoms with van der Waals surface area (Å²) in [5.41, 5.74) is 11.3. The predicted molar refractivity (Wildman–Crippen MR) is 150 cm³/mol. The summed E-state index contributed by atoms with van der Waals surface area (Å²) in [5.74, 6) is -0.363. The molecule has 3 atom stereocenters. The van der Waals surface area contributed by atoms with E-state index in [0.29, 0.717) is 38.9 Å². The number of aryl methyl sites for hydroxylation is 2. The molecule has 5 rings (SSSR count). The molecule has 1 aliphatic rings. The summed E-state index contributed by atoms with van der Waals surface area (Å²) in [6.45, 7) is 1.44. The van der Waals surface area contributed by atoms with Gasteiger partial charge in [0, 0.05) is 32.7 Å². The molecule has 0 radical (unpaired) electrons. The van der Waals surface area contributed by atoms with Crippen LogP contribution >= 0.6 is 0 Å². The van der Waals surface area contributed by atoms with Crippen LogP contribution in [-0.4, -0.2) is 56.4 Å². The van der Waals surface area contributed by atoms with Crippen LogP contribution in [-0.2, 0) is 36.1 Å². The predicted octanol–water partition coefficient (Wildman–Crippen LogP) is 2.30. The van der Waals surface area contributed by atoms with Crippen LogP contribution in [0.2, 0.25) is 0 Å². The Bertz CT molecular complexity index is 1410. The van der Waals surface area contributed by atoms with Gasteiger partial charge in [-0.05, 0) is 48.1 Å². The van der Waals surface area contributed by atoms with E-state index >= 15 is 0 Å². The number of aromatic nitrogens is 3. The van der Waals surface area contributed by atoms with E-state index in [1.165, 1.54) is 0 Å². The minimum Gasteiger partial charge on any atom is -0.350 e. The molecule has 3 aromatic carbocycles. The van der Waals surface area contributed by atoms with Gasteiger partial charge >= 0.3 is 0 Å². The van der Waals surface area contributed by atoms with E-state index in [-0.39, 0.29) is 17.9 Å². The molecule has 4 N–H and O–H groups in total. The van der Waals surface area contributed by atoms with Gasteiger partial charge < -0.3 is 21.3 Å². The third-order valence-electron chi connectivity index (χ3n) is 7.37. The van der Waals surface area contributed by atoms with Crippen molar-refractivity contribution in [1.82, 2.24) is 30.5 Å². The monoisotopic (exact) mass is 525 g/mol. The van der Waals surface area contributed by atoms with E-state index in [9.17, 15) is 9.59 Å². The fourth-order valence-corrected chi connectivity index (χ4v) is 5.14. The van der Waals surface area contributed by atoms with Crippen LogP contribution in [0, 0.1) is 0 Å². The molecule has 2 heterocycles. The van der Waals surface area contributed by atoms with Crippen molar-refractivity contribution in [3.05, 3.63) is 95.6 Å². The minimum absolute atomic E-state index is 0.0119. The van der Waals surface area contributed by atoms with Gasteiger partial charge in [-0.1, -0.05) is 71.9 Å². The zero-order chi connectivity index (χ0) is 27.2. The molecular weight excluding hydrogens is 490 g/mol. The van der Waals surface area contributed by atoms with Gasteiger partial charge in [0.2, 0.25) is 11.8 Å². The van der Waals surface area contributed by atoms with Gasteiger partial charge in [-0.2, -0.15) is 0 Å². The summed E-state index contributed by atoms with van der Waals surface area (Å²) < 4.78 is 1.71. The maximum absolute atomic E-state index is 13.5. The van der Waals surface area contributed by atoms with E-state index in [4.69, 9.17) is 5.73 Å². The molecule has 0 aliphatic carbocycles. The van der Waals surface area contributed by atoms with Gasteiger partial charge in [0.05, 0.1) is 11.6 Å². The van der Waals surface area contributed by atoms with Crippen LogP contribution in [0.4, 0.5) is 0 Å². The van der Waals surface area contributed by atoms with Crippen LogP contribution in [0.1, 0.15) is 29.5 Å². The molecule has 0 bridgehead atoms. The van der Waals surface area contributed by atoms with Gasteiger partial charge in [0.15, 0.2) is 0 Å². The molecule has 0 spiro atoms. The molecule has 1 aromatic heterocycles. The third kappa shape index (κ3) is 6.50. The summed E-state index contributed by atoms with van der Waals surface area (Å²) in [5, 5.41) is 14.8. The van der Waals surface area contributed by atoms with Crippen LogP contribution in [0.3, 0.4) is 0 Å². The molecular formula is C30H35N7O2. The normalized spacial score (nSPS) is 17.8. The van der Waals surface area contributed by atoms with E-state index in [0.717, 1.165) is 27.7 Å². The standard InChI is InChI=1S/C30H35N7O2/c1-36-27-15-13-23(16-26(27)34-35-36)19-33-29(38)28-17-24(32-18-22-10-6-3-7-11-22)20-37(28)30(39)25(31)14-12-21-8-4-2-5-9-21/h2-11,13,15-16,24-25,28,32H,12,14,17-20,31H2,1H3,(H,33,38). The number of fused-ring (bicyclic) bond motifs is 1. The Balaban J connectivity index is 1.24. The van der Waals surface area contributed by atoms with Gasteiger partial charge in [-0.25, -0.2) is 4.68 Å². The molecule has 9 heteroatoms. The Hall–Kier alpha value is -4.08. The van der Waals surface area contributed by atoms with Crippen molar-refractivity contribution < 1.29 is 9.59 Å². The highest BCUT2D eigenvalue weighted by Gasteiger charge is 2.40. The average Bonchev–Trinajstić information content (AvgIpc) is 3.57. The summed E-state index contributed by atoms with van der Waals surface area (Å²) in [6.07, 6.45) is 1.76. The van der Waals surface area contributed by atoms with Crippen molar-refractivity contribution in [2.45, 2.75) is 50.5 Å². The lowest BCUT2D eigenvalue weighted by Crippen LogP contribution is -2.51. The van der Waals surface area contributed by atoms with E-state index in [1.807, 2.05) is 73.8 Å². The Morgan fingerprint density at radius 3 is 2.44 bits per heavy atom. The number of hydrogen-bond donors (Lipinski definition) is 3. The molecule has 39 heavy (non-hydrogen) atoms. The number of benzene rings is 3. The van der Waals surface area contributed by atoms with Gasteiger partial charge in [-0.15, -0.1) is 5.10 Å². The number of nitrogens with two attached hydrogens (primary N) is 1. The fraction of sp³-hybridized carbons (Fsp3) is 0.333. The van der Waals surface area contributed by atoms with Crippen molar-refractivity contribution >= 4 is 22.8 Å². The molecule has 1 fully saturated rings. The van der Waals surface area contributed by atoms with Crippen molar-refractivity contribution in [2.75, 3.05) is 6.54 Å². The van der Waals surface area contributed by atoms with E-state index < -0.39 is 12.1 Å². The Labute approximate surface area is 228 Å². The average molecular weight is 526 g/mol. The van der Waals surface area contributed by atoms with Crippen molar-refractivity contribution in [2.24, 2.45) is 12.8 Å².